The number of unbranched alkanes of at least 4 members (excludes halogenated alkanes) is 29. The molecular weight excluding hydrogens is 847 g/mol. The molecule has 7 atom stereocenters. The Kier molecular flexibility index (Phi) is 37.9. The largest absolute Gasteiger partial charge is 0.467 e. The SMILES string of the molecule is CCCCCCCCCCCCCCCCCCC(=O)N[C@@H](CS[C@H]1O[C@H](C(=O)OC)[C@H](OC(C)=O)[C@H](OC(C)=O)[C@H]1OC(C)=O)[C@H](O)CCCCCCCCCCCCCCCCC. The Morgan fingerprint density at radius 3 is 1.26 bits per heavy atom. The Hall–Kier alpha value is -2.38. The minimum Gasteiger partial charge on any atom is -0.467 e. The third kappa shape index (κ3) is 31.3. The summed E-state index contributed by atoms with van der Waals surface area (Å²) in [6, 6.07) is -0.684. The highest BCUT2D eigenvalue weighted by Gasteiger charge is 2.55. The van der Waals surface area contributed by atoms with Crippen molar-refractivity contribution < 1.29 is 52.8 Å². The summed E-state index contributed by atoms with van der Waals surface area (Å²) in [6.45, 7) is 7.98. The smallest absolute Gasteiger partial charge is 0.339 e. The van der Waals surface area contributed by atoms with Crippen LogP contribution in [0.1, 0.15) is 247 Å². The number of methoxy groups -OCH3 is 1. The van der Waals surface area contributed by atoms with Crippen LogP contribution in [-0.4, -0.2) is 89.8 Å². The van der Waals surface area contributed by atoms with Gasteiger partial charge in [-0.15, -0.1) is 11.8 Å². The fourth-order valence-electron chi connectivity index (χ4n) is 8.70. The van der Waals surface area contributed by atoms with E-state index in [1.54, 1.807) is 0 Å². The highest BCUT2D eigenvalue weighted by molar-refractivity contribution is 7.99. The Morgan fingerprint density at radius 2 is 0.877 bits per heavy atom. The number of hydrogen-bond acceptors (Lipinski definition) is 12. The van der Waals surface area contributed by atoms with Gasteiger partial charge in [0.25, 0.3) is 0 Å². The molecule has 0 aliphatic carbocycles. The Balaban J connectivity index is 2.78. The molecule has 0 spiro atoms. The van der Waals surface area contributed by atoms with Crippen molar-refractivity contribution in [3.05, 3.63) is 0 Å². The van der Waals surface area contributed by atoms with Crippen LogP contribution in [0.15, 0.2) is 0 Å². The molecule has 1 rings (SSSR count). The lowest BCUT2D eigenvalue weighted by atomic mass is 9.98. The van der Waals surface area contributed by atoms with Crippen LogP contribution in [0.4, 0.5) is 0 Å². The van der Waals surface area contributed by atoms with E-state index in [1.807, 2.05) is 0 Å². The van der Waals surface area contributed by atoms with E-state index < -0.39 is 65.9 Å². The number of amides is 1. The molecule has 1 aliphatic heterocycles. The number of ether oxygens (including phenoxy) is 5. The van der Waals surface area contributed by atoms with E-state index in [0.717, 1.165) is 77.7 Å². The molecule has 65 heavy (non-hydrogen) atoms. The highest BCUT2D eigenvalue weighted by atomic mass is 32.2. The highest BCUT2D eigenvalue weighted by Crippen LogP contribution is 2.35. The molecule has 1 fully saturated rings. The van der Waals surface area contributed by atoms with Crippen molar-refractivity contribution in [1.82, 2.24) is 5.32 Å². The lowest BCUT2D eigenvalue weighted by molar-refractivity contribution is -0.235. The molecule has 12 nitrogen and oxygen atoms in total. The van der Waals surface area contributed by atoms with Crippen molar-refractivity contribution in [2.24, 2.45) is 0 Å². The van der Waals surface area contributed by atoms with Crippen LogP contribution in [0.5, 0.6) is 0 Å². The summed E-state index contributed by atoms with van der Waals surface area (Å²) in [5.74, 6) is -3.14. The summed E-state index contributed by atoms with van der Waals surface area (Å²) in [7, 11) is 1.15. The van der Waals surface area contributed by atoms with E-state index in [-0.39, 0.29) is 11.7 Å². The first-order chi connectivity index (χ1) is 31.4. The predicted molar refractivity (Wildman–Crippen MR) is 261 cm³/mol. The van der Waals surface area contributed by atoms with Gasteiger partial charge in [-0.3, -0.25) is 19.2 Å². The van der Waals surface area contributed by atoms with Gasteiger partial charge in [0, 0.05) is 32.9 Å². The van der Waals surface area contributed by atoms with E-state index in [1.165, 1.54) is 161 Å². The summed E-state index contributed by atoms with van der Waals surface area (Å²) < 4.78 is 27.6. The molecule has 1 amide bonds. The van der Waals surface area contributed by atoms with Gasteiger partial charge >= 0.3 is 23.9 Å². The third-order valence-corrected chi connectivity index (χ3v) is 13.7. The number of rotatable bonds is 42. The van der Waals surface area contributed by atoms with E-state index in [9.17, 15) is 29.1 Å². The molecule has 13 heteroatoms. The van der Waals surface area contributed by atoms with Crippen LogP contribution in [0, 0.1) is 0 Å². The summed E-state index contributed by atoms with van der Waals surface area (Å²) in [6.07, 6.45) is 32.8. The first kappa shape index (κ1) is 60.6. The second kappa shape index (κ2) is 40.7. The van der Waals surface area contributed by atoms with Gasteiger partial charge in [0.05, 0.1) is 19.3 Å². The van der Waals surface area contributed by atoms with Crippen molar-refractivity contribution in [2.45, 2.75) is 289 Å². The number of carbonyl (C=O) groups excluding carboxylic acids is 5. The molecule has 1 saturated heterocycles. The molecule has 1 heterocycles. The molecule has 380 valence electrons. The molecule has 2 N–H and O–H groups in total. The molecule has 1 aliphatic rings. The monoisotopic (exact) mass is 942 g/mol. The van der Waals surface area contributed by atoms with E-state index in [2.05, 4.69) is 19.2 Å². The number of hydrogen-bond donors (Lipinski definition) is 2. The van der Waals surface area contributed by atoms with Crippen LogP contribution in [0.3, 0.4) is 0 Å². The first-order valence-corrected chi connectivity index (χ1v) is 27.3. The number of carbonyl (C=O) groups is 5. The van der Waals surface area contributed by atoms with Gasteiger partial charge in [-0.25, -0.2) is 4.79 Å². The molecule has 0 aromatic heterocycles. The minimum atomic E-state index is -1.51. The molecule has 0 saturated carbocycles. The maximum Gasteiger partial charge on any atom is 0.339 e. The van der Waals surface area contributed by atoms with Crippen LogP contribution >= 0.6 is 11.8 Å². The zero-order chi connectivity index (χ0) is 47.9. The minimum absolute atomic E-state index is 0.131. The van der Waals surface area contributed by atoms with Crippen molar-refractivity contribution in [2.75, 3.05) is 12.9 Å². The second-order valence-corrected chi connectivity index (χ2v) is 19.7. The Morgan fingerprint density at radius 1 is 0.523 bits per heavy atom. The Bertz CT molecular complexity index is 1240. The maximum absolute atomic E-state index is 13.4. The number of aliphatic hydroxyl groups excluding tert-OH is 1. The number of aliphatic hydroxyl groups is 1. The topological polar surface area (TPSA) is 164 Å². The molecular formula is C52H95NO11S. The predicted octanol–water partition coefficient (Wildman–Crippen LogP) is 12.2. The van der Waals surface area contributed by atoms with Crippen molar-refractivity contribution in [1.29, 1.82) is 0 Å². The normalized spacial score (nSPS) is 19.3. The maximum atomic E-state index is 13.4. The number of esters is 4. The van der Waals surface area contributed by atoms with Gasteiger partial charge in [0.15, 0.2) is 24.4 Å². The van der Waals surface area contributed by atoms with Crippen LogP contribution in [0.2, 0.25) is 0 Å². The van der Waals surface area contributed by atoms with Gasteiger partial charge in [0.2, 0.25) is 5.91 Å². The van der Waals surface area contributed by atoms with Crippen molar-refractivity contribution in [3.63, 3.8) is 0 Å². The zero-order valence-corrected chi connectivity index (χ0v) is 42.8. The average molecular weight is 942 g/mol. The lowest BCUT2D eigenvalue weighted by Gasteiger charge is -2.43. The van der Waals surface area contributed by atoms with E-state index in [0.29, 0.717) is 12.8 Å². The molecule has 0 unspecified atom stereocenters. The van der Waals surface area contributed by atoms with Crippen molar-refractivity contribution >= 4 is 41.5 Å². The van der Waals surface area contributed by atoms with Gasteiger partial charge < -0.3 is 34.1 Å². The van der Waals surface area contributed by atoms with E-state index in [4.69, 9.17) is 23.7 Å². The summed E-state index contributed by atoms with van der Waals surface area (Å²) in [4.78, 5) is 63.1. The standard InChI is InChI=1S/C52H95NO11S/c1-7-9-11-13-15-17-19-21-23-25-27-29-31-33-35-37-39-46(58)53-44(45(57)38-36-34-32-30-28-26-24-22-20-18-16-14-12-10-8-2)40-65-52-50(63-43(5)56)48(62-42(4)55)47(61-41(3)54)49(64-52)51(59)60-6/h44-45,47-50,52,57H,7-40H2,1-6H3,(H,53,58)/t44-,45+,47+,48-,49-,50+,52+/m0/s1. The van der Waals surface area contributed by atoms with Crippen LogP contribution in [0.25, 0.3) is 0 Å². The molecule has 0 radical (unpaired) electrons. The quantitative estimate of drug-likeness (QED) is 0.0339. The lowest BCUT2D eigenvalue weighted by Crippen LogP contribution is -2.62. The molecule has 0 aromatic rings. The first-order valence-electron chi connectivity index (χ1n) is 26.3. The number of nitrogens with one attached hydrogen (secondary N) is 1. The summed E-state index contributed by atoms with van der Waals surface area (Å²) in [5.41, 5.74) is -1.11. The van der Waals surface area contributed by atoms with Crippen LogP contribution < -0.4 is 5.32 Å². The third-order valence-electron chi connectivity index (χ3n) is 12.4. The van der Waals surface area contributed by atoms with Gasteiger partial charge in [0.1, 0.15) is 5.44 Å². The zero-order valence-electron chi connectivity index (χ0n) is 42.0. The van der Waals surface area contributed by atoms with Gasteiger partial charge in [-0.1, -0.05) is 206 Å². The average Bonchev–Trinajstić information content (AvgIpc) is 3.26. The van der Waals surface area contributed by atoms with Gasteiger partial charge in [-0.2, -0.15) is 0 Å². The fourth-order valence-corrected chi connectivity index (χ4v) is 10.0. The van der Waals surface area contributed by atoms with Gasteiger partial charge in [-0.05, 0) is 12.8 Å². The second-order valence-electron chi connectivity index (χ2n) is 18.5. The number of thioether (sulfide) groups is 1. The Labute approximate surface area is 399 Å². The summed E-state index contributed by atoms with van der Waals surface area (Å²) in [5, 5.41) is 14.6. The molecule has 0 bridgehead atoms. The summed E-state index contributed by atoms with van der Waals surface area (Å²) >= 11 is 1.11. The van der Waals surface area contributed by atoms with E-state index >= 15 is 0 Å². The molecule has 0 aromatic carbocycles. The van der Waals surface area contributed by atoms with Crippen LogP contribution in [-0.2, 0) is 47.7 Å². The van der Waals surface area contributed by atoms with Crippen molar-refractivity contribution in [3.8, 4) is 0 Å². The fraction of sp³-hybridized carbons (Fsp3) is 0.904.